The van der Waals surface area contributed by atoms with Gasteiger partial charge in [0.2, 0.25) is 10.0 Å². The van der Waals surface area contributed by atoms with Crippen LogP contribution in [0, 0.1) is 0 Å². The van der Waals surface area contributed by atoms with Crippen molar-refractivity contribution in [2.24, 2.45) is 0 Å². The maximum Gasteiger partial charge on any atom is 0.244 e. The van der Waals surface area contributed by atoms with Gasteiger partial charge in [0.1, 0.15) is 10.7 Å². The highest BCUT2D eigenvalue weighted by Crippen LogP contribution is 2.25. The average molecular weight is 397 g/mol. The van der Waals surface area contributed by atoms with Crippen molar-refractivity contribution in [2.45, 2.75) is 11.4 Å². The summed E-state index contributed by atoms with van der Waals surface area (Å²) in [5.41, 5.74) is 6.38. The summed E-state index contributed by atoms with van der Waals surface area (Å²) in [5, 5.41) is 2.02. The van der Waals surface area contributed by atoms with E-state index < -0.39 is 10.0 Å². The molecule has 0 amide bonds. The van der Waals surface area contributed by atoms with Crippen LogP contribution in [0.3, 0.4) is 0 Å². The van der Waals surface area contributed by atoms with Gasteiger partial charge in [-0.25, -0.2) is 13.4 Å². The second-order valence-electron chi connectivity index (χ2n) is 4.06. The Morgan fingerprint density at radius 3 is 2.75 bits per heavy atom. The molecule has 0 fully saturated rings. The highest BCUT2D eigenvalue weighted by Gasteiger charge is 2.22. The summed E-state index contributed by atoms with van der Waals surface area (Å²) in [6.45, 7) is 0.270. The van der Waals surface area contributed by atoms with Gasteiger partial charge in [0.15, 0.2) is 0 Å². The van der Waals surface area contributed by atoms with Crippen molar-refractivity contribution < 1.29 is 8.42 Å². The molecule has 0 bridgehead atoms. The number of hydrogen-bond donors (Lipinski definition) is 1. The Kier molecular flexibility index (Phi) is 4.70. The van der Waals surface area contributed by atoms with Crippen LogP contribution in [0.2, 0.25) is 5.02 Å². The zero-order valence-corrected chi connectivity index (χ0v) is 14.4. The average Bonchev–Trinajstić information content (AvgIpc) is 2.78. The molecule has 0 aliphatic heterocycles. The maximum atomic E-state index is 12.4. The van der Waals surface area contributed by atoms with E-state index in [-0.39, 0.29) is 22.3 Å². The summed E-state index contributed by atoms with van der Waals surface area (Å²) in [7, 11) is -2.14. The number of anilines is 1. The van der Waals surface area contributed by atoms with E-state index in [1.54, 1.807) is 0 Å². The lowest BCUT2D eigenvalue weighted by molar-refractivity contribution is 0.467. The topological polar surface area (TPSA) is 76.3 Å². The van der Waals surface area contributed by atoms with Crippen molar-refractivity contribution in [3.8, 4) is 0 Å². The van der Waals surface area contributed by atoms with Crippen molar-refractivity contribution >= 4 is 54.7 Å². The van der Waals surface area contributed by atoms with Gasteiger partial charge in [-0.2, -0.15) is 4.31 Å². The van der Waals surface area contributed by atoms with Gasteiger partial charge in [-0.05, 0) is 39.0 Å². The number of nitrogens with zero attached hydrogens (tertiary/aromatic N) is 2. The van der Waals surface area contributed by atoms with E-state index >= 15 is 0 Å². The minimum atomic E-state index is -3.65. The SMILES string of the molecule is CN(Cc1csc(Br)c1)S(=O)(=O)c1cnc(N)c(Cl)c1. The van der Waals surface area contributed by atoms with E-state index in [0.717, 1.165) is 9.35 Å². The van der Waals surface area contributed by atoms with Crippen molar-refractivity contribution in [2.75, 3.05) is 12.8 Å². The lowest BCUT2D eigenvalue weighted by atomic mass is 10.3. The zero-order valence-electron chi connectivity index (χ0n) is 10.4. The van der Waals surface area contributed by atoms with Gasteiger partial charge in [-0.1, -0.05) is 11.6 Å². The Hall–Kier alpha value is -0.670. The fourth-order valence-corrected chi connectivity index (χ4v) is 4.09. The third-order valence-electron chi connectivity index (χ3n) is 2.58. The van der Waals surface area contributed by atoms with Gasteiger partial charge in [0, 0.05) is 19.8 Å². The summed E-state index contributed by atoms with van der Waals surface area (Å²) < 4.78 is 27.0. The molecule has 0 saturated carbocycles. The van der Waals surface area contributed by atoms with Crippen LogP contribution in [-0.4, -0.2) is 24.8 Å². The number of nitrogens with two attached hydrogens (primary N) is 1. The van der Waals surface area contributed by atoms with Crippen molar-refractivity contribution in [1.82, 2.24) is 9.29 Å². The van der Waals surface area contributed by atoms with Gasteiger partial charge in [-0.3, -0.25) is 0 Å². The smallest absolute Gasteiger partial charge is 0.244 e. The van der Waals surface area contributed by atoms with Crippen LogP contribution in [0.25, 0.3) is 0 Å². The van der Waals surface area contributed by atoms with Gasteiger partial charge in [0.25, 0.3) is 0 Å². The van der Waals surface area contributed by atoms with Gasteiger partial charge < -0.3 is 5.73 Å². The highest BCUT2D eigenvalue weighted by atomic mass is 79.9. The lowest BCUT2D eigenvalue weighted by Gasteiger charge is -2.16. The second-order valence-corrected chi connectivity index (χ2v) is 8.80. The number of sulfonamides is 1. The zero-order chi connectivity index (χ0) is 14.9. The first kappa shape index (κ1) is 15.7. The van der Waals surface area contributed by atoms with E-state index in [1.807, 2.05) is 11.4 Å². The first-order chi connectivity index (χ1) is 9.30. The predicted octanol–water partition coefficient (Wildman–Crippen LogP) is 2.96. The Labute approximate surface area is 134 Å². The summed E-state index contributed by atoms with van der Waals surface area (Å²) in [5.74, 6) is 0.107. The lowest BCUT2D eigenvalue weighted by Crippen LogP contribution is -2.26. The molecule has 0 saturated heterocycles. The van der Waals surface area contributed by atoms with Crippen molar-refractivity contribution in [1.29, 1.82) is 0 Å². The molecule has 0 aromatic carbocycles. The van der Waals surface area contributed by atoms with E-state index in [1.165, 1.54) is 35.0 Å². The van der Waals surface area contributed by atoms with Crippen LogP contribution >= 0.6 is 38.9 Å². The molecule has 0 aliphatic rings. The van der Waals surface area contributed by atoms with E-state index in [9.17, 15) is 8.42 Å². The normalized spacial score (nSPS) is 12.0. The molecule has 5 nitrogen and oxygen atoms in total. The minimum Gasteiger partial charge on any atom is -0.382 e. The number of nitrogen functional groups attached to an aromatic ring is 1. The van der Waals surface area contributed by atoms with Gasteiger partial charge >= 0.3 is 0 Å². The molecule has 20 heavy (non-hydrogen) atoms. The van der Waals surface area contributed by atoms with Crippen LogP contribution < -0.4 is 5.73 Å². The monoisotopic (exact) mass is 395 g/mol. The molecule has 0 radical (unpaired) electrons. The first-order valence-electron chi connectivity index (χ1n) is 5.41. The van der Waals surface area contributed by atoms with E-state index in [0.29, 0.717) is 0 Å². The molecule has 0 atom stereocenters. The summed E-state index contributed by atoms with van der Waals surface area (Å²) in [6.07, 6.45) is 1.20. The summed E-state index contributed by atoms with van der Waals surface area (Å²) in [4.78, 5) is 3.79. The molecule has 0 aliphatic carbocycles. The molecule has 0 unspecified atom stereocenters. The first-order valence-corrected chi connectivity index (χ1v) is 8.90. The molecule has 2 aromatic heterocycles. The van der Waals surface area contributed by atoms with E-state index in [2.05, 4.69) is 20.9 Å². The molecule has 2 heterocycles. The predicted molar refractivity (Wildman–Crippen MR) is 84.3 cm³/mol. The van der Waals surface area contributed by atoms with E-state index in [4.69, 9.17) is 17.3 Å². The Morgan fingerprint density at radius 2 is 2.20 bits per heavy atom. The largest absolute Gasteiger partial charge is 0.382 e. The molecule has 108 valence electrons. The minimum absolute atomic E-state index is 0.0218. The quantitative estimate of drug-likeness (QED) is 0.862. The van der Waals surface area contributed by atoms with Crippen LogP contribution in [0.5, 0.6) is 0 Å². The third-order valence-corrected chi connectivity index (χ3v) is 6.20. The number of pyridine rings is 1. The Morgan fingerprint density at radius 1 is 1.50 bits per heavy atom. The molecule has 2 aromatic rings. The molecular formula is C11H11BrClN3O2S2. The standard InChI is InChI=1S/C11H11BrClN3O2S2/c1-16(5-7-2-10(12)19-6-7)20(17,18)8-3-9(13)11(14)15-4-8/h2-4,6H,5H2,1H3,(H2,14,15). The van der Waals surface area contributed by atoms with Crippen molar-refractivity contribution in [3.63, 3.8) is 0 Å². The third kappa shape index (κ3) is 3.32. The number of hydrogen-bond acceptors (Lipinski definition) is 5. The van der Waals surface area contributed by atoms with Gasteiger partial charge in [-0.15, -0.1) is 11.3 Å². The van der Waals surface area contributed by atoms with Crippen molar-refractivity contribution in [3.05, 3.63) is 38.1 Å². The maximum absolute atomic E-state index is 12.4. The molecule has 0 spiro atoms. The summed E-state index contributed by atoms with van der Waals surface area (Å²) >= 11 is 10.7. The number of thiophene rings is 1. The Bertz CT molecular complexity index is 733. The summed E-state index contributed by atoms with van der Waals surface area (Å²) in [6, 6.07) is 3.18. The van der Waals surface area contributed by atoms with Crippen LogP contribution in [0.1, 0.15) is 5.56 Å². The molecular weight excluding hydrogens is 386 g/mol. The van der Waals surface area contributed by atoms with Crippen LogP contribution in [0.4, 0.5) is 5.82 Å². The molecule has 9 heteroatoms. The number of aromatic nitrogens is 1. The van der Waals surface area contributed by atoms with Gasteiger partial charge in [0.05, 0.1) is 8.81 Å². The molecule has 2 N–H and O–H groups in total. The fourth-order valence-electron chi connectivity index (χ4n) is 1.52. The molecule has 2 rings (SSSR count). The number of rotatable bonds is 4. The van der Waals surface area contributed by atoms with Crippen LogP contribution in [-0.2, 0) is 16.6 Å². The fraction of sp³-hybridized carbons (Fsp3) is 0.182. The van der Waals surface area contributed by atoms with Crippen LogP contribution in [0.15, 0.2) is 32.4 Å². The Balaban J connectivity index is 2.27. The highest BCUT2D eigenvalue weighted by molar-refractivity contribution is 9.11. The number of halogens is 2. The second kappa shape index (κ2) is 5.98.